The van der Waals surface area contributed by atoms with Crippen molar-refractivity contribution in [3.8, 4) is 0 Å². The predicted molar refractivity (Wildman–Crippen MR) is 57.9 cm³/mol. The minimum Gasteiger partial charge on any atom is -0.296 e. The van der Waals surface area contributed by atoms with E-state index in [9.17, 15) is 4.79 Å². The minimum absolute atomic E-state index is 0.550. The zero-order chi connectivity index (χ0) is 9.97. The molecule has 1 unspecified atom stereocenters. The summed E-state index contributed by atoms with van der Waals surface area (Å²) in [6, 6.07) is 1.92. The molecule has 1 aromatic heterocycles. The van der Waals surface area contributed by atoms with Gasteiger partial charge >= 0.3 is 0 Å². The van der Waals surface area contributed by atoms with E-state index in [1.807, 2.05) is 24.9 Å². The molecule has 1 fully saturated rings. The van der Waals surface area contributed by atoms with E-state index in [-0.39, 0.29) is 0 Å². The van der Waals surface area contributed by atoms with E-state index in [2.05, 4.69) is 5.10 Å². The van der Waals surface area contributed by atoms with Crippen molar-refractivity contribution < 1.29 is 4.79 Å². The van der Waals surface area contributed by atoms with Gasteiger partial charge < -0.3 is 0 Å². The molecule has 1 aliphatic rings. The van der Waals surface area contributed by atoms with Crippen molar-refractivity contribution in [2.45, 2.75) is 18.8 Å². The molecule has 0 saturated carbocycles. The Morgan fingerprint density at radius 1 is 1.71 bits per heavy atom. The highest BCUT2D eigenvalue weighted by Crippen LogP contribution is 2.30. The molecule has 3 nitrogen and oxygen atoms in total. The number of carbonyl (C=O) groups excluding carboxylic acids is 1. The highest BCUT2D eigenvalue weighted by Gasteiger charge is 2.19. The van der Waals surface area contributed by atoms with Crippen LogP contribution >= 0.6 is 11.8 Å². The number of carbonyl (C=O) groups is 1. The van der Waals surface area contributed by atoms with Gasteiger partial charge in [-0.1, -0.05) is 0 Å². The van der Waals surface area contributed by atoms with Crippen LogP contribution in [-0.4, -0.2) is 27.6 Å². The van der Waals surface area contributed by atoms with E-state index < -0.39 is 0 Å². The summed E-state index contributed by atoms with van der Waals surface area (Å²) in [6.45, 7) is 0. The van der Waals surface area contributed by atoms with Crippen LogP contribution in [0, 0.1) is 0 Å². The Morgan fingerprint density at radius 3 is 3.14 bits per heavy atom. The Kier molecular flexibility index (Phi) is 2.91. The first-order valence-corrected chi connectivity index (χ1v) is 6.03. The van der Waals surface area contributed by atoms with Gasteiger partial charge in [0.25, 0.3) is 0 Å². The van der Waals surface area contributed by atoms with E-state index in [1.54, 1.807) is 4.68 Å². The summed E-state index contributed by atoms with van der Waals surface area (Å²) in [7, 11) is 1.82. The fourth-order valence-corrected chi connectivity index (χ4v) is 2.95. The number of aldehydes is 1. The maximum atomic E-state index is 10.7. The summed E-state index contributed by atoms with van der Waals surface area (Å²) in [5.41, 5.74) is 1.76. The number of thioether (sulfide) groups is 1. The molecule has 1 aromatic rings. The molecule has 0 spiro atoms. The van der Waals surface area contributed by atoms with Crippen molar-refractivity contribution in [3.63, 3.8) is 0 Å². The Bertz CT molecular complexity index is 329. The second-order valence-corrected chi connectivity index (χ2v) is 4.80. The third-order valence-corrected chi connectivity index (χ3v) is 3.85. The second kappa shape index (κ2) is 4.17. The van der Waals surface area contributed by atoms with E-state index >= 15 is 0 Å². The van der Waals surface area contributed by atoms with Crippen LogP contribution in [0.2, 0.25) is 0 Å². The first kappa shape index (κ1) is 9.77. The lowest BCUT2D eigenvalue weighted by Gasteiger charge is -2.18. The molecule has 1 aliphatic heterocycles. The maximum absolute atomic E-state index is 10.7. The third-order valence-electron chi connectivity index (χ3n) is 2.63. The van der Waals surface area contributed by atoms with E-state index in [1.165, 1.54) is 18.6 Å². The topological polar surface area (TPSA) is 34.9 Å². The summed E-state index contributed by atoms with van der Waals surface area (Å²) in [5, 5.41) is 4.38. The van der Waals surface area contributed by atoms with Crippen LogP contribution in [-0.2, 0) is 7.05 Å². The molecule has 0 radical (unpaired) electrons. The molecule has 1 saturated heterocycles. The SMILES string of the molecule is Cn1nc(C2CCCSC2)cc1C=O. The van der Waals surface area contributed by atoms with Crippen LogP contribution in [0.3, 0.4) is 0 Å². The largest absolute Gasteiger partial charge is 0.296 e. The van der Waals surface area contributed by atoms with Crippen molar-refractivity contribution in [2.24, 2.45) is 7.05 Å². The molecule has 0 bridgehead atoms. The average Bonchev–Trinajstić information content (AvgIpc) is 2.61. The van der Waals surface area contributed by atoms with Gasteiger partial charge in [-0.15, -0.1) is 0 Å². The smallest absolute Gasteiger partial charge is 0.168 e. The third kappa shape index (κ3) is 1.85. The quantitative estimate of drug-likeness (QED) is 0.699. The van der Waals surface area contributed by atoms with E-state index in [4.69, 9.17) is 0 Å². The Labute approximate surface area is 87.9 Å². The number of rotatable bonds is 2. The number of hydrogen-bond donors (Lipinski definition) is 0. The molecular weight excluding hydrogens is 196 g/mol. The Morgan fingerprint density at radius 2 is 2.57 bits per heavy atom. The van der Waals surface area contributed by atoms with Gasteiger partial charge in [0.2, 0.25) is 0 Å². The molecule has 1 atom stereocenters. The molecule has 0 aromatic carbocycles. The van der Waals surface area contributed by atoms with Gasteiger partial charge in [0.1, 0.15) is 5.69 Å². The highest BCUT2D eigenvalue weighted by atomic mass is 32.2. The summed E-state index contributed by atoms with van der Waals surface area (Å²) in [4.78, 5) is 10.7. The summed E-state index contributed by atoms with van der Waals surface area (Å²) in [5.74, 6) is 2.97. The van der Waals surface area contributed by atoms with Gasteiger partial charge in [-0.3, -0.25) is 9.48 Å². The number of nitrogens with zero attached hydrogens (tertiary/aromatic N) is 2. The van der Waals surface area contributed by atoms with Gasteiger partial charge in [-0.05, 0) is 24.7 Å². The van der Waals surface area contributed by atoms with Crippen LogP contribution in [0.4, 0.5) is 0 Å². The first-order chi connectivity index (χ1) is 6.81. The summed E-state index contributed by atoms with van der Waals surface area (Å²) < 4.78 is 1.67. The van der Waals surface area contributed by atoms with Gasteiger partial charge in [0, 0.05) is 18.7 Å². The van der Waals surface area contributed by atoms with Crippen LogP contribution in [0.1, 0.15) is 34.9 Å². The van der Waals surface area contributed by atoms with E-state index in [0.717, 1.165) is 17.7 Å². The zero-order valence-corrected chi connectivity index (χ0v) is 9.09. The zero-order valence-electron chi connectivity index (χ0n) is 8.27. The summed E-state index contributed by atoms with van der Waals surface area (Å²) in [6.07, 6.45) is 3.34. The summed E-state index contributed by atoms with van der Waals surface area (Å²) >= 11 is 1.98. The molecule has 2 rings (SSSR count). The monoisotopic (exact) mass is 210 g/mol. The molecule has 14 heavy (non-hydrogen) atoms. The van der Waals surface area contributed by atoms with Crippen LogP contribution in [0.15, 0.2) is 6.07 Å². The molecular formula is C10H14N2OS. The lowest BCUT2D eigenvalue weighted by Crippen LogP contribution is -2.09. The standard InChI is InChI=1S/C10H14N2OS/c1-12-9(6-13)5-10(11-12)8-3-2-4-14-7-8/h5-6,8H,2-4,7H2,1H3. The molecule has 0 aliphatic carbocycles. The normalized spacial score (nSPS) is 22.2. The first-order valence-electron chi connectivity index (χ1n) is 4.88. The average molecular weight is 210 g/mol. The van der Waals surface area contributed by atoms with Gasteiger partial charge in [0.05, 0.1) is 5.69 Å². The highest BCUT2D eigenvalue weighted by molar-refractivity contribution is 7.99. The molecule has 2 heterocycles. The van der Waals surface area contributed by atoms with Crippen molar-refractivity contribution in [2.75, 3.05) is 11.5 Å². The van der Waals surface area contributed by atoms with Crippen molar-refractivity contribution in [3.05, 3.63) is 17.5 Å². The van der Waals surface area contributed by atoms with Gasteiger partial charge in [-0.2, -0.15) is 16.9 Å². The molecule has 0 N–H and O–H groups in total. The predicted octanol–water partition coefficient (Wildman–Crippen LogP) is 1.84. The molecule has 76 valence electrons. The van der Waals surface area contributed by atoms with Crippen molar-refractivity contribution >= 4 is 18.0 Å². The number of aryl methyl sites for hydroxylation is 1. The fraction of sp³-hybridized carbons (Fsp3) is 0.600. The van der Waals surface area contributed by atoms with Gasteiger partial charge in [-0.25, -0.2) is 0 Å². The molecule has 0 amide bonds. The fourth-order valence-electron chi connectivity index (χ4n) is 1.79. The Balaban J connectivity index is 2.18. The number of aromatic nitrogens is 2. The van der Waals surface area contributed by atoms with Crippen molar-refractivity contribution in [1.82, 2.24) is 9.78 Å². The van der Waals surface area contributed by atoms with Crippen LogP contribution < -0.4 is 0 Å². The Hall–Kier alpha value is -0.770. The van der Waals surface area contributed by atoms with Crippen LogP contribution in [0.5, 0.6) is 0 Å². The van der Waals surface area contributed by atoms with Crippen molar-refractivity contribution in [1.29, 1.82) is 0 Å². The van der Waals surface area contributed by atoms with E-state index in [0.29, 0.717) is 11.6 Å². The lowest BCUT2D eigenvalue weighted by molar-refractivity contribution is 0.111. The molecule has 4 heteroatoms. The lowest BCUT2D eigenvalue weighted by atomic mass is 10.0. The minimum atomic E-state index is 0.550. The number of hydrogen-bond acceptors (Lipinski definition) is 3. The second-order valence-electron chi connectivity index (χ2n) is 3.65. The van der Waals surface area contributed by atoms with Gasteiger partial charge in [0.15, 0.2) is 6.29 Å². The van der Waals surface area contributed by atoms with Crippen LogP contribution in [0.25, 0.3) is 0 Å². The maximum Gasteiger partial charge on any atom is 0.168 e.